The topological polar surface area (TPSA) is 66.9 Å². The molecule has 1 fully saturated rings. The molecule has 4 nitrogen and oxygen atoms in total. The highest BCUT2D eigenvalue weighted by Crippen LogP contribution is 2.32. The van der Waals surface area contributed by atoms with Gasteiger partial charge in [0.2, 0.25) is 9.84 Å². The summed E-state index contributed by atoms with van der Waals surface area (Å²) in [5.74, 6) is 0. The summed E-state index contributed by atoms with van der Waals surface area (Å²) >= 11 is 0. The van der Waals surface area contributed by atoms with E-state index in [1.165, 1.54) is 0 Å². The fourth-order valence-corrected chi connectivity index (χ4v) is 2.95. The zero-order valence-corrected chi connectivity index (χ0v) is 9.07. The molecule has 15 heavy (non-hydrogen) atoms. The smallest absolute Gasteiger partial charge is 0.207 e. The number of aliphatic hydroxyl groups excluding tert-OH is 1. The second kappa shape index (κ2) is 3.59. The van der Waals surface area contributed by atoms with Crippen LogP contribution < -0.4 is 0 Å². The van der Waals surface area contributed by atoms with Crippen LogP contribution in [0.2, 0.25) is 0 Å². The summed E-state index contributed by atoms with van der Waals surface area (Å²) in [6.07, 6.45) is -0.559. The molecule has 1 heterocycles. The molecule has 1 aromatic rings. The first-order valence-electron chi connectivity index (χ1n) is 4.62. The predicted octanol–water partition coefficient (Wildman–Crippen LogP) is 0.486. The molecule has 1 aromatic carbocycles. The second-order valence-corrected chi connectivity index (χ2v) is 5.61. The molecule has 2 unspecified atom stereocenters. The molecule has 0 spiro atoms. The first-order chi connectivity index (χ1) is 7.05. The number of aliphatic hydroxyl groups is 1. The quantitative estimate of drug-likeness (QED) is 0.764. The minimum Gasteiger partial charge on any atom is -0.394 e. The predicted molar refractivity (Wildman–Crippen MR) is 54.1 cm³/mol. The van der Waals surface area contributed by atoms with E-state index >= 15 is 0 Å². The van der Waals surface area contributed by atoms with Gasteiger partial charge in [0.15, 0.2) is 5.44 Å². The van der Waals surface area contributed by atoms with Crippen molar-refractivity contribution in [1.82, 2.24) is 0 Å². The Kier molecular flexibility index (Phi) is 2.54. The fourth-order valence-electron chi connectivity index (χ4n) is 1.39. The number of epoxide rings is 1. The third-order valence-corrected chi connectivity index (χ3v) is 4.33. The lowest BCUT2D eigenvalue weighted by molar-refractivity contribution is 0.243. The van der Waals surface area contributed by atoms with Gasteiger partial charge in [-0.3, -0.25) is 0 Å². The first kappa shape index (κ1) is 10.6. The van der Waals surface area contributed by atoms with E-state index in [9.17, 15) is 8.42 Å². The molecule has 1 aliphatic heterocycles. The van der Waals surface area contributed by atoms with Gasteiger partial charge < -0.3 is 9.84 Å². The normalized spacial score (nSPS) is 25.2. The summed E-state index contributed by atoms with van der Waals surface area (Å²) < 4.78 is 28.6. The van der Waals surface area contributed by atoms with Crippen molar-refractivity contribution in [3.8, 4) is 0 Å². The van der Waals surface area contributed by atoms with Crippen LogP contribution in [0.15, 0.2) is 29.2 Å². The minimum absolute atomic E-state index is 0.244. The molecule has 0 bridgehead atoms. The second-order valence-electron chi connectivity index (χ2n) is 3.58. The Labute approximate surface area is 88.4 Å². The van der Waals surface area contributed by atoms with E-state index in [2.05, 4.69) is 0 Å². The van der Waals surface area contributed by atoms with Crippen molar-refractivity contribution in [2.24, 2.45) is 0 Å². The molecule has 1 saturated heterocycles. The highest BCUT2D eigenvalue weighted by molar-refractivity contribution is 7.92. The molecule has 0 saturated carbocycles. The Morgan fingerprint density at radius 3 is 2.40 bits per heavy atom. The van der Waals surface area contributed by atoms with E-state index in [4.69, 9.17) is 9.84 Å². The van der Waals surface area contributed by atoms with Gasteiger partial charge in [-0.05, 0) is 19.1 Å². The van der Waals surface area contributed by atoms with Crippen LogP contribution in [0, 0.1) is 6.92 Å². The van der Waals surface area contributed by atoms with Crippen molar-refractivity contribution in [2.75, 3.05) is 6.61 Å². The van der Waals surface area contributed by atoms with E-state index in [1.54, 1.807) is 24.3 Å². The van der Waals surface area contributed by atoms with Crippen molar-refractivity contribution in [2.45, 2.75) is 23.4 Å². The lowest BCUT2D eigenvalue weighted by Crippen LogP contribution is -2.13. The number of sulfone groups is 1. The van der Waals surface area contributed by atoms with Crippen molar-refractivity contribution >= 4 is 9.84 Å². The van der Waals surface area contributed by atoms with Crippen molar-refractivity contribution in [3.63, 3.8) is 0 Å². The van der Waals surface area contributed by atoms with Crippen LogP contribution in [0.5, 0.6) is 0 Å². The Hall–Kier alpha value is -0.910. The van der Waals surface area contributed by atoms with Crippen molar-refractivity contribution in [3.05, 3.63) is 29.8 Å². The van der Waals surface area contributed by atoms with Gasteiger partial charge in [0.1, 0.15) is 6.10 Å². The van der Waals surface area contributed by atoms with Crippen LogP contribution in [0.3, 0.4) is 0 Å². The molecule has 1 aliphatic rings. The summed E-state index contributed by atoms with van der Waals surface area (Å²) in [5, 5.41) is 8.74. The van der Waals surface area contributed by atoms with Crippen molar-refractivity contribution < 1.29 is 18.3 Å². The Bertz CT molecular complexity index is 449. The molecule has 0 amide bonds. The molecule has 0 aliphatic carbocycles. The third kappa shape index (κ3) is 1.90. The number of rotatable bonds is 3. The summed E-state index contributed by atoms with van der Waals surface area (Å²) in [6.45, 7) is 1.64. The van der Waals surface area contributed by atoms with E-state index in [0.717, 1.165) is 5.56 Å². The molecule has 0 radical (unpaired) electrons. The standard InChI is InChI=1S/C10H12O4S/c1-7-2-4-8(5-3-7)15(12,13)10-9(6-11)14-10/h2-5,9-11H,6H2,1H3. The van der Waals surface area contributed by atoms with Gasteiger partial charge in [0.25, 0.3) is 0 Å². The van der Waals surface area contributed by atoms with Crippen LogP contribution in [-0.4, -0.2) is 31.7 Å². The summed E-state index contributed by atoms with van der Waals surface area (Å²) in [5.41, 5.74) is 0.134. The van der Waals surface area contributed by atoms with Gasteiger partial charge in [-0.15, -0.1) is 0 Å². The maximum Gasteiger partial charge on any atom is 0.207 e. The Morgan fingerprint density at radius 1 is 1.33 bits per heavy atom. The van der Waals surface area contributed by atoms with Crippen LogP contribution in [0.1, 0.15) is 5.56 Å². The SMILES string of the molecule is Cc1ccc(S(=O)(=O)C2OC2CO)cc1. The van der Waals surface area contributed by atoms with Crippen LogP contribution in [0.4, 0.5) is 0 Å². The summed E-state index contributed by atoms with van der Waals surface area (Å²) in [6, 6.07) is 6.59. The van der Waals surface area contributed by atoms with E-state index < -0.39 is 21.4 Å². The molecule has 5 heteroatoms. The number of benzene rings is 1. The maximum absolute atomic E-state index is 11.8. The van der Waals surface area contributed by atoms with Crippen LogP contribution >= 0.6 is 0 Å². The van der Waals surface area contributed by atoms with Crippen LogP contribution in [0.25, 0.3) is 0 Å². The van der Waals surface area contributed by atoms with Gasteiger partial charge in [0, 0.05) is 0 Å². The lowest BCUT2D eigenvalue weighted by atomic mass is 10.2. The molecular weight excluding hydrogens is 216 g/mol. The Morgan fingerprint density at radius 2 is 1.93 bits per heavy atom. The zero-order valence-electron chi connectivity index (χ0n) is 8.25. The molecule has 0 aromatic heterocycles. The molecule has 82 valence electrons. The average Bonchev–Trinajstić information content (AvgIpc) is 2.98. The molecule has 1 N–H and O–H groups in total. The fraction of sp³-hybridized carbons (Fsp3) is 0.400. The number of hydrogen-bond acceptors (Lipinski definition) is 4. The lowest BCUT2D eigenvalue weighted by Gasteiger charge is -2.00. The summed E-state index contributed by atoms with van der Waals surface area (Å²) in [7, 11) is -3.43. The third-order valence-electron chi connectivity index (χ3n) is 2.37. The van der Waals surface area contributed by atoms with Gasteiger partial charge in [-0.25, -0.2) is 8.42 Å². The average molecular weight is 228 g/mol. The highest BCUT2D eigenvalue weighted by Gasteiger charge is 2.49. The molecule has 2 rings (SSSR count). The monoisotopic (exact) mass is 228 g/mol. The van der Waals surface area contributed by atoms with Crippen molar-refractivity contribution in [1.29, 1.82) is 0 Å². The summed E-state index contributed by atoms with van der Waals surface area (Å²) in [4.78, 5) is 0.244. The number of ether oxygens (including phenoxy) is 1. The number of aryl methyl sites for hydroxylation is 1. The van der Waals surface area contributed by atoms with E-state index in [-0.39, 0.29) is 11.5 Å². The largest absolute Gasteiger partial charge is 0.394 e. The minimum atomic E-state index is -3.43. The highest BCUT2D eigenvalue weighted by atomic mass is 32.2. The van der Waals surface area contributed by atoms with Crippen LogP contribution in [-0.2, 0) is 14.6 Å². The maximum atomic E-state index is 11.8. The van der Waals surface area contributed by atoms with Gasteiger partial charge in [0.05, 0.1) is 11.5 Å². The van der Waals surface area contributed by atoms with Gasteiger partial charge in [-0.2, -0.15) is 0 Å². The van der Waals surface area contributed by atoms with Gasteiger partial charge in [-0.1, -0.05) is 17.7 Å². The first-order valence-corrected chi connectivity index (χ1v) is 6.17. The molecule has 2 atom stereocenters. The number of hydrogen-bond donors (Lipinski definition) is 1. The van der Waals surface area contributed by atoms with Gasteiger partial charge >= 0.3 is 0 Å². The van der Waals surface area contributed by atoms with E-state index in [0.29, 0.717) is 0 Å². The Balaban J connectivity index is 2.27. The van der Waals surface area contributed by atoms with E-state index in [1.807, 2.05) is 6.92 Å². The zero-order chi connectivity index (χ0) is 11.1. The molecular formula is C10H12O4S.